The van der Waals surface area contributed by atoms with Crippen LogP contribution in [0.5, 0.6) is 5.95 Å². The average Bonchev–Trinajstić information content (AvgIpc) is 2.51. The van der Waals surface area contributed by atoms with E-state index in [0.29, 0.717) is 23.3 Å². The van der Waals surface area contributed by atoms with Crippen LogP contribution in [0.1, 0.15) is 57.9 Å². The third kappa shape index (κ3) is 2.14. The Hall–Kier alpha value is -1.77. The van der Waals surface area contributed by atoms with Gasteiger partial charge in [-0.25, -0.2) is 0 Å². The molecule has 1 aromatic heterocycles. The van der Waals surface area contributed by atoms with Crippen molar-refractivity contribution in [3.05, 3.63) is 50.4 Å². The van der Waals surface area contributed by atoms with Crippen LogP contribution in [0.2, 0.25) is 0 Å². The van der Waals surface area contributed by atoms with E-state index in [2.05, 4.69) is 46.8 Å². The Kier molecular flexibility index (Phi) is 4.05. The molecule has 0 radical (unpaired) electrons. The van der Waals surface area contributed by atoms with E-state index in [9.17, 15) is 4.79 Å². The molecule has 0 unspecified atom stereocenters. The second-order valence-corrected chi connectivity index (χ2v) is 8.32. The molecule has 3 rings (SSSR count). The van der Waals surface area contributed by atoms with Gasteiger partial charge in [-0.15, -0.1) is 0 Å². The third-order valence-electron chi connectivity index (χ3n) is 6.75. The summed E-state index contributed by atoms with van der Waals surface area (Å²) in [7, 11) is 1.56. The van der Waals surface area contributed by atoms with Crippen LogP contribution in [-0.2, 0) is 5.41 Å². The minimum atomic E-state index is -0.203. The first-order chi connectivity index (χ1) is 11.6. The summed E-state index contributed by atoms with van der Waals surface area (Å²) < 4.78 is 11.6. The maximum absolute atomic E-state index is 12.8. The highest BCUT2D eigenvalue weighted by Crippen LogP contribution is 2.70. The van der Waals surface area contributed by atoms with E-state index >= 15 is 0 Å². The van der Waals surface area contributed by atoms with E-state index in [1.54, 1.807) is 14.0 Å². The molecule has 3 nitrogen and oxygen atoms in total. The third-order valence-corrected chi connectivity index (χ3v) is 6.75. The first kappa shape index (κ1) is 18.0. The number of hydrogen-bond donors (Lipinski definition) is 0. The number of methoxy groups -OCH3 is 1. The Bertz CT molecular complexity index is 842. The van der Waals surface area contributed by atoms with Gasteiger partial charge in [0, 0.05) is 16.9 Å². The quantitative estimate of drug-likeness (QED) is 0.768. The molecule has 0 spiro atoms. The fourth-order valence-electron chi connectivity index (χ4n) is 6.31. The molecule has 25 heavy (non-hydrogen) atoms. The highest BCUT2D eigenvalue weighted by Gasteiger charge is 2.67. The van der Waals surface area contributed by atoms with Crippen molar-refractivity contribution in [2.45, 2.75) is 60.3 Å². The lowest BCUT2D eigenvalue weighted by atomic mass is 9.36. The largest absolute Gasteiger partial charge is 0.468 e. The summed E-state index contributed by atoms with van der Waals surface area (Å²) in [4.78, 5) is 12.8. The van der Waals surface area contributed by atoms with Gasteiger partial charge < -0.3 is 9.15 Å². The van der Waals surface area contributed by atoms with Gasteiger partial charge in [-0.05, 0) is 39.0 Å². The zero-order valence-electron chi connectivity index (χ0n) is 16.7. The molecule has 2 aliphatic rings. The van der Waals surface area contributed by atoms with Crippen LogP contribution in [0.4, 0.5) is 0 Å². The van der Waals surface area contributed by atoms with Crippen molar-refractivity contribution in [2.24, 2.45) is 17.3 Å². The average molecular weight is 342 g/mol. The predicted octanol–water partition coefficient (Wildman–Crippen LogP) is 5.09. The van der Waals surface area contributed by atoms with Crippen LogP contribution in [-0.4, -0.2) is 7.11 Å². The first-order valence-corrected chi connectivity index (χ1v) is 9.19. The van der Waals surface area contributed by atoms with Gasteiger partial charge in [0.05, 0.1) is 12.7 Å². The lowest BCUT2D eigenvalue weighted by Crippen LogP contribution is -2.65. The van der Waals surface area contributed by atoms with E-state index in [0.717, 1.165) is 17.7 Å². The van der Waals surface area contributed by atoms with Crippen LogP contribution in [0.3, 0.4) is 0 Å². The molecule has 0 amide bonds. The van der Waals surface area contributed by atoms with Gasteiger partial charge in [-0.1, -0.05) is 50.5 Å². The van der Waals surface area contributed by atoms with Gasteiger partial charge in [0.15, 0.2) is 5.43 Å². The summed E-state index contributed by atoms with van der Waals surface area (Å²) in [5.41, 5.74) is 3.91. The monoisotopic (exact) mass is 342 g/mol. The predicted molar refractivity (Wildman–Crippen MR) is 101 cm³/mol. The van der Waals surface area contributed by atoms with Crippen LogP contribution in [0.25, 0.3) is 0 Å². The topological polar surface area (TPSA) is 39.4 Å². The number of hydrogen-bond acceptors (Lipinski definition) is 3. The molecule has 0 aliphatic heterocycles. The summed E-state index contributed by atoms with van der Waals surface area (Å²) in [5, 5.41) is 0. The van der Waals surface area contributed by atoms with E-state index in [-0.39, 0.29) is 16.3 Å². The fraction of sp³-hybridized carbons (Fsp3) is 0.591. The molecule has 1 fully saturated rings. The highest BCUT2D eigenvalue weighted by atomic mass is 16.6. The van der Waals surface area contributed by atoms with Crippen molar-refractivity contribution in [1.29, 1.82) is 0 Å². The Balaban J connectivity index is 2.26. The summed E-state index contributed by atoms with van der Waals surface area (Å²) in [6, 6.07) is 0. The molecule has 136 valence electrons. The van der Waals surface area contributed by atoms with Crippen LogP contribution >= 0.6 is 0 Å². The van der Waals surface area contributed by atoms with Crippen molar-refractivity contribution in [2.75, 3.05) is 7.11 Å². The first-order valence-electron chi connectivity index (χ1n) is 9.19. The SMILES string of the molecule is CC[C@H]1[C@]2(C)C=C(C)C=C(C)[C@@H]2[C@@]1(C)c1oc(OC)c(C)c(=O)c1C. The van der Waals surface area contributed by atoms with E-state index in [1.807, 2.05) is 6.92 Å². The van der Waals surface area contributed by atoms with Crippen molar-refractivity contribution >= 4 is 0 Å². The zero-order chi connectivity index (χ0) is 18.7. The Morgan fingerprint density at radius 3 is 2.36 bits per heavy atom. The highest BCUT2D eigenvalue weighted by molar-refractivity contribution is 5.47. The molecule has 0 N–H and O–H groups in total. The maximum atomic E-state index is 12.8. The van der Waals surface area contributed by atoms with Crippen LogP contribution in [0.15, 0.2) is 32.5 Å². The van der Waals surface area contributed by atoms with Crippen LogP contribution < -0.4 is 10.2 Å². The number of fused-ring (bicyclic) bond motifs is 1. The maximum Gasteiger partial charge on any atom is 0.291 e. The van der Waals surface area contributed by atoms with E-state index in [4.69, 9.17) is 9.15 Å². The smallest absolute Gasteiger partial charge is 0.291 e. The molecule has 1 heterocycles. The summed E-state index contributed by atoms with van der Waals surface area (Å²) in [6.07, 6.45) is 5.73. The van der Waals surface area contributed by atoms with Gasteiger partial charge in [-0.3, -0.25) is 4.79 Å². The summed E-state index contributed by atoms with van der Waals surface area (Å²) >= 11 is 0. The molecule has 4 atom stereocenters. The molecule has 3 heteroatoms. The molecule has 0 saturated heterocycles. The van der Waals surface area contributed by atoms with Crippen molar-refractivity contribution in [3.63, 3.8) is 0 Å². The minimum absolute atomic E-state index is 0.0342. The lowest BCUT2D eigenvalue weighted by molar-refractivity contribution is -0.0915. The Morgan fingerprint density at radius 2 is 1.80 bits per heavy atom. The van der Waals surface area contributed by atoms with E-state index < -0.39 is 0 Å². The van der Waals surface area contributed by atoms with Gasteiger partial charge in [0.2, 0.25) is 0 Å². The fourth-order valence-corrected chi connectivity index (χ4v) is 6.31. The van der Waals surface area contributed by atoms with Gasteiger partial charge in [0.1, 0.15) is 5.76 Å². The van der Waals surface area contributed by atoms with Crippen molar-refractivity contribution in [3.8, 4) is 5.95 Å². The summed E-state index contributed by atoms with van der Waals surface area (Å²) in [5.74, 6) is 1.90. The molecular formula is C22H30O3. The summed E-state index contributed by atoms with van der Waals surface area (Å²) in [6.45, 7) is 14.9. The second kappa shape index (κ2) is 5.62. The van der Waals surface area contributed by atoms with Gasteiger partial charge >= 0.3 is 0 Å². The lowest BCUT2D eigenvalue weighted by Gasteiger charge is -2.67. The van der Waals surface area contributed by atoms with E-state index in [1.165, 1.54) is 11.1 Å². The van der Waals surface area contributed by atoms with Gasteiger partial charge in [0.25, 0.3) is 5.95 Å². The number of allylic oxidation sites excluding steroid dienone is 4. The number of ether oxygens (including phenoxy) is 1. The molecule has 0 aromatic carbocycles. The minimum Gasteiger partial charge on any atom is -0.468 e. The molecule has 1 aromatic rings. The normalized spacial score (nSPS) is 33.9. The Morgan fingerprint density at radius 1 is 1.16 bits per heavy atom. The molecule has 1 saturated carbocycles. The van der Waals surface area contributed by atoms with Crippen LogP contribution in [0, 0.1) is 31.1 Å². The standard InChI is InChI=1S/C22H30O3/c1-9-16-21(6)11-12(2)10-13(3)18(21)22(16,7)19-14(4)17(23)15(5)20(24-8)25-19/h10-11,16,18H,9H2,1-8H3/t16-,18-,21-,22-/m0/s1. The second-order valence-electron chi connectivity index (χ2n) is 8.32. The molecular weight excluding hydrogens is 312 g/mol. The van der Waals surface area contributed by atoms with Crippen molar-refractivity contribution < 1.29 is 9.15 Å². The molecule has 2 aliphatic carbocycles. The Labute approximate surface area is 150 Å². The zero-order valence-corrected chi connectivity index (χ0v) is 16.7. The molecule has 0 bridgehead atoms. The van der Waals surface area contributed by atoms with Gasteiger partial charge in [-0.2, -0.15) is 0 Å². The number of rotatable bonds is 3. The van der Waals surface area contributed by atoms with Crippen molar-refractivity contribution in [1.82, 2.24) is 0 Å².